The molecule has 2 amide bonds. The number of hydrogen-bond acceptors (Lipinski definition) is 2. The molecule has 0 aliphatic carbocycles. The van der Waals surface area contributed by atoms with Crippen LogP contribution < -0.4 is 10.6 Å². The highest BCUT2D eigenvalue weighted by atomic mass is 16.2. The van der Waals surface area contributed by atoms with Gasteiger partial charge in [-0.3, -0.25) is 9.59 Å². The van der Waals surface area contributed by atoms with Gasteiger partial charge in [0, 0.05) is 24.7 Å². The van der Waals surface area contributed by atoms with E-state index in [1.165, 1.54) is 6.92 Å². The van der Waals surface area contributed by atoms with Crippen molar-refractivity contribution in [2.75, 3.05) is 10.6 Å². The molecule has 0 aliphatic rings. The predicted octanol–water partition coefficient (Wildman–Crippen LogP) is 2.63. The van der Waals surface area contributed by atoms with Crippen LogP contribution in [0.3, 0.4) is 0 Å². The summed E-state index contributed by atoms with van der Waals surface area (Å²) in [6.07, 6.45) is 0.490. The second kappa shape index (κ2) is 6.03. The molecule has 0 atom stereocenters. The normalized spacial score (nSPS) is 10.1. The quantitative estimate of drug-likeness (QED) is 0.841. The first-order valence-electron chi connectivity index (χ1n) is 5.65. The molecule has 0 fully saturated rings. The fourth-order valence-corrected chi connectivity index (χ4v) is 1.46. The molecule has 0 unspecified atom stereocenters. The molecule has 4 heteroatoms. The molecule has 0 saturated carbocycles. The largest absolute Gasteiger partial charge is 0.326 e. The van der Waals surface area contributed by atoms with Crippen molar-refractivity contribution >= 4 is 23.2 Å². The van der Waals surface area contributed by atoms with Crippen molar-refractivity contribution in [3.63, 3.8) is 0 Å². The number of hydrogen-bond donors (Lipinski definition) is 2. The number of carbonyl (C=O) groups excluding carboxylic acids is 2. The predicted molar refractivity (Wildman–Crippen MR) is 68.8 cm³/mol. The van der Waals surface area contributed by atoms with Crippen molar-refractivity contribution < 1.29 is 9.59 Å². The van der Waals surface area contributed by atoms with E-state index in [2.05, 4.69) is 10.6 Å². The van der Waals surface area contributed by atoms with Crippen molar-refractivity contribution in [3.8, 4) is 0 Å². The molecular formula is C13H18N2O2. The molecule has 0 radical (unpaired) electrons. The van der Waals surface area contributed by atoms with Gasteiger partial charge in [0.1, 0.15) is 0 Å². The van der Waals surface area contributed by atoms with Crippen LogP contribution in [-0.2, 0) is 9.59 Å². The number of benzene rings is 1. The first kappa shape index (κ1) is 13.2. The van der Waals surface area contributed by atoms with Gasteiger partial charge in [0.15, 0.2) is 0 Å². The Morgan fingerprint density at radius 2 is 1.76 bits per heavy atom. The number of amides is 2. The lowest BCUT2D eigenvalue weighted by Gasteiger charge is -2.09. The Balaban J connectivity index is 2.65. The second-order valence-corrected chi connectivity index (χ2v) is 4.41. The van der Waals surface area contributed by atoms with Crippen LogP contribution in [0.4, 0.5) is 11.4 Å². The van der Waals surface area contributed by atoms with E-state index in [-0.39, 0.29) is 11.8 Å². The molecular weight excluding hydrogens is 216 g/mol. The van der Waals surface area contributed by atoms with Crippen molar-refractivity contribution in [2.45, 2.75) is 27.2 Å². The van der Waals surface area contributed by atoms with Crippen molar-refractivity contribution in [1.82, 2.24) is 0 Å². The molecule has 0 saturated heterocycles. The molecule has 1 aromatic carbocycles. The summed E-state index contributed by atoms with van der Waals surface area (Å²) in [7, 11) is 0. The van der Waals surface area contributed by atoms with Crippen LogP contribution in [0.25, 0.3) is 0 Å². The first-order chi connectivity index (χ1) is 7.97. The summed E-state index contributed by atoms with van der Waals surface area (Å²) in [5.41, 5.74) is 1.38. The maximum Gasteiger partial charge on any atom is 0.224 e. The molecule has 0 spiro atoms. The van der Waals surface area contributed by atoms with Crippen LogP contribution in [0.5, 0.6) is 0 Å². The first-order valence-corrected chi connectivity index (χ1v) is 5.65. The summed E-state index contributed by atoms with van der Waals surface area (Å²) in [5, 5.41) is 5.47. The lowest BCUT2D eigenvalue weighted by molar-refractivity contribution is -0.117. The molecule has 0 heterocycles. The van der Waals surface area contributed by atoms with Crippen molar-refractivity contribution in [2.24, 2.45) is 5.92 Å². The maximum absolute atomic E-state index is 11.6. The van der Waals surface area contributed by atoms with Gasteiger partial charge in [-0.2, -0.15) is 0 Å². The third kappa shape index (κ3) is 5.15. The minimum Gasteiger partial charge on any atom is -0.326 e. The monoisotopic (exact) mass is 234 g/mol. The molecule has 1 aromatic rings. The SMILES string of the molecule is CC(=O)Nc1cccc(NC(=O)CC(C)C)c1. The minimum absolute atomic E-state index is 0.0139. The summed E-state index contributed by atoms with van der Waals surface area (Å²) in [5.74, 6) is 0.184. The van der Waals surface area contributed by atoms with Gasteiger partial charge >= 0.3 is 0 Å². The van der Waals surface area contributed by atoms with E-state index < -0.39 is 0 Å². The number of nitrogens with one attached hydrogen (secondary N) is 2. The molecule has 0 aliphatic heterocycles. The third-order valence-corrected chi connectivity index (χ3v) is 2.06. The van der Waals surface area contributed by atoms with Gasteiger partial charge in [0.2, 0.25) is 11.8 Å². The lowest BCUT2D eigenvalue weighted by atomic mass is 10.1. The van der Waals surface area contributed by atoms with Crippen LogP contribution in [0.15, 0.2) is 24.3 Å². The molecule has 0 bridgehead atoms. The van der Waals surface area contributed by atoms with Crippen LogP contribution >= 0.6 is 0 Å². The van der Waals surface area contributed by atoms with Gasteiger partial charge < -0.3 is 10.6 Å². The van der Waals surface area contributed by atoms with E-state index >= 15 is 0 Å². The Morgan fingerprint density at radius 1 is 1.18 bits per heavy atom. The average Bonchev–Trinajstić information content (AvgIpc) is 2.14. The maximum atomic E-state index is 11.6. The van der Waals surface area contributed by atoms with E-state index in [4.69, 9.17) is 0 Å². The summed E-state index contributed by atoms with van der Waals surface area (Å²) < 4.78 is 0. The Morgan fingerprint density at radius 3 is 2.29 bits per heavy atom. The van der Waals surface area contributed by atoms with Crippen LogP contribution in [0, 0.1) is 5.92 Å². The average molecular weight is 234 g/mol. The number of rotatable bonds is 4. The van der Waals surface area contributed by atoms with Gasteiger partial charge in [-0.05, 0) is 24.1 Å². The van der Waals surface area contributed by atoms with Crippen LogP contribution in [0.1, 0.15) is 27.2 Å². The van der Waals surface area contributed by atoms with Gasteiger partial charge in [-0.15, -0.1) is 0 Å². The van der Waals surface area contributed by atoms with E-state index in [1.54, 1.807) is 24.3 Å². The van der Waals surface area contributed by atoms with Crippen LogP contribution in [-0.4, -0.2) is 11.8 Å². The number of carbonyl (C=O) groups is 2. The fourth-order valence-electron chi connectivity index (χ4n) is 1.46. The lowest BCUT2D eigenvalue weighted by Crippen LogP contribution is -2.14. The zero-order valence-corrected chi connectivity index (χ0v) is 10.4. The summed E-state index contributed by atoms with van der Waals surface area (Å²) in [6, 6.07) is 7.10. The Kier molecular flexibility index (Phi) is 4.69. The van der Waals surface area contributed by atoms with Gasteiger partial charge in [0.25, 0.3) is 0 Å². The Hall–Kier alpha value is -1.84. The molecule has 2 N–H and O–H groups in total. The molecule has 1 rings (SSSR count). The van der Waals surface area contributed by atoms with Gasteiger partial charge in [-0.1, -0.05) is 19.9 Å². The minimum atomic E-state index is -0.129. The Bertz CT molecular complexity index is 414. The van der Waals surface area contributed by atoms with Gasteiger partial charge in [0.05, 0.1) is 0 Å². The van der Waals surface area contributed by atoms with Gasteiger partial charge in [-0.25, -0.2) is 0 Å². The van der Waals surface area contributed by atoms with Crippen molar-refractivity contribution in [1.29, 1.82) is 0 Å². The zero-order chi connectivity index (χ0) is 12.8. The van der Waals surface area contributed by atoms with Crippen LogP contribution in [0.2, 0.25) is 0 Å². The topological polar surface area (TPSA) is 58.2 Å². The van der Waals surface area contributed by atoms with Crippen molar-refractivity contribution in [3.05, 3.63) is 24.3 Å². The summed E-state index contributed by atoms with van der Waals surface area (Å²) >= 11 is 0. The zero-order valence-electron chi connectivity index (χ0n) is 10.4. The fraction of sp³-hybridized carbons (Fsp3) is 0.385. The highest BCUT2D eigenvalue weighted by Gasteiger charge is 2.05. The summed E-state index contributed by atoms with van der Waals surface area (Å²) in [6.45, 7) is 5.44. The molecule has 0 aromatic heterocycles. The van der Waals surface area contributed by atoms with E-state index in [9.17, 15) is 9.59 Å². The standard InChI is InChI=1S/C13H18N2O2/c1-9(2)7-13(17)15-12-6-4-5-11(8-12)14-10(3)16/h4-6,8-9H,7H2,1-3H3,(H,14,16)(H,15,17). The second-order valence-electron chi connectivity index (χ2n) is 4.41. The highest BCUT2D eigenvalue weighted by molar-refractivity contribution is 5.93. The summed E-state index contributed by atoms with van der Waals surface area (Å²) in [4.78, 5) is 22.5. The van der Waals surface area contributed by atoms with E-state index in [1.807, 2.05) is 13.8 Å². The Labute approximate surface area is 101 Å². The highest BCUT2D eigenvalue weighted by Crippen LogP contribution is 2.15. The molecule has 17 heavy (non-hydrogen) atoms. The number of anilines is 2. The molecule has 92 valence electrons. The third-order valence-electron chi connectivity index (χ3n) is 2.06. The smallest absolute Gasteiger partial charge is 0.224 e. The van der Waals surface area contributed by atoms with E-state index in [0.717, 1.165) is 0 Å². The van der Waals surface area contributed by atoms with E-state index in [0.29, 0.717) is 23.7 Å². The molecule has 4 nitrogen and oxygen atoms in total.